The van der Waals surface area contributed by atoms with Crippen molar-refractivity contribution in [2.24, 2.45) is 0 Å². The maximum atomic E-state index is 5.11. The summed E-state index contributed by atoms with van der Waals surface area (Å²) in [6.07, 6.45) is 3.94. The number of aromatic nitrogens is 1. The molecule has 0 fully saturated rings. The van der Waals surface area contributed by atoms with Crippen LogP contribution in [0.1, 0.15) is 31.5 Å². The Morgan fingerprint density at radius 1 is 1.47 bits per heavy atom. The van der Waals surface area contributed by atoms with Crippen molar-refractivity contribution in [2.75, 3.05) is 20.3 Å². The van der Waals surface area contributed by atoms with Crippen LogP contribution in [0.5, 0.6) is 0 Å². The summed E-state index contributed by atoms with van der Waals surface area (Å²) in [6.45, 7) is 3.95. The van der Waals surface area contributed by atoms with Gasteiger partial charge in [-0.3, -0.25) is 4.98 Å². The van der Waals surface area contributed by atoms with Gasteiger partial charge in [0.05, 0.1) is 11.7 Å². The van der Waals surface area contributed by atoms with Gasteiger partial charge in [-0.15, -0.1) is 0 Å². The Morgan fingerprint density at radius 3 is 2.93 bits per heavy atom. The van der Waals surface area contributed by atoms with Gasteiger partial charge in [0.25, 0.3) is 0 Å². The number of hydrogen-bond donors (Lipinski definition) is 1. The highest BCUT2D eigenvalue weighted by atomic mass is 16.5. The summed E-state index contributed by atoms with van der Waals surface area (Å²) in [5, 5.41) is 3.48. The van der Waals surface area contributed by atoms with Gasteiger partial charge in [0, 0.05) is 19.9 Å². The van der Waals surface area contributed by atoms with Crippen LogP contribution in [0.3, 0.4) is 0 Å². The van der Waals surface area contributed by atoms with E-state index in [1.807, 2.05) is 18.3 Å². The molecule has 0 amide bonds. The molecule has 1 unspecified atom stereocenters. The second-order valence-corrected chi connectivity index (χ2v) is 3.54. The van der Waals surface area contributed by atoms with Gasteiger partial charge < -0.3 is 10.1 Å². The molecule has 0 aromatic carbocycles. The van der Waals surface area contributed by atoms with Gasteiger partial charge in [0.15, 0.2) is 0 Å². The van der Waals surface area contributed by atoms with E-state index >= 15 is 0 Å². The number of rotatable bonds is 7. The molecule has 1 atom stereocenters. The van der Waals surface area contributed by atoms with E-state index in [2.05, 4.69) is 23.3 Å². The number of pyridine rings is 1. The Morgan fingerprint density at radius 2 is 2.33 bits per heavy atom. The Hall–Kier alpha value is -0.930. The van der Waals surface area contributed by atoms with Crippen LogP contribution < -0.4 is 5.32 Å². The van der Waals surface area contributed by atoms with Crippen LogP contribution in [-0.4, -0.2) is 25.2 Å². The predicted molar refractivity (Wildman–Crippen MR) is 61.8 cm³/mol. The van der Waals surface area contributed by atoms with Gasteiger partial charge in [0.1, 0.15) is 0 Å². The monoisotopic (exact) mass is 208 g/mol. The van der Waals surface area contributed by atoms with Crippen molar-refractivity contribution in [3.8, 4) is 0 Å². The zero-order chi connectivity index (χ0) is 10.9. The van der Waals surface area contributed by atoms with Gasteiger partial charge in [0.2, 0.25) is 0 Å². The molecular weight excluding hydrogens is 188 g/mol. The molecule has 0 aliphatic heterocycles. The predicted octanol–water partition coefficient (Wildman–Crippen LogP) is 2.16. The molecule has 84 valence electrons. The fourth-order valence-electron chi connectivity index (χ4n) is 1.49. The van der Waals surface area contributed by atoms with Gasteiger partial charge >= 0.3 is 0 Å². The van der Waals surface area contributed by atoms with Crippen LogP contribution in [0, 0.1) is 0 Å². The summed E-state index contributed by atoms with van der Waals surface area (Å²) in [5.74, 6) is 0. The topological polar surface area (TPSA) is 34.1 Å². The normalized spacial score (nSPS) is 12.7. The van der Waals surface area contributed by atoms with Crippen molar-refractivity contribution in [3.05, 3.63) is 30.1 Å². The maximum absolute atomic E-state index is 5.11. The van der Waals surface area contributed by atoms with Crippen molar-refractivity contribution in [1.82, 2.24) is 10.3 Å². The van der Waals surface area contributed by atoms with Crippen molar-refractivity contribution >= 4 is 0 Å². The molecule has 3 nitrogen and oxygen atoms in total. The van der Waals surface area contributed by atoms with E-state index in [-0.39, 0.29) is 0 Å². The Labute approximate surface area is 91.9 Å². The van der Waals surface area contributed by atoms with E-state index in [1.54, 1.807) is 7.11 Å². The molecule has 1 aromatic rings. The number of hydrogen-bond acceptors (Lipinski definition) is 3. The lowest BCUT2D eigenvalue weighted by Gasteiger charge is -2.17. The van der Waals surface area contributed by atoms with E-state index in [1.165, 1.54) is 0 Å². The highest BCUT2D eigenvalue weighted by molar-refractivity contribution is 5.08. The molecule has 0 aliphatic rings. The zero-order valence-corrected chi connectivity index (χ0v) is 9.57. The summed E-state index contributed by atoms with van der Waals surface area (Å²) in [4.78, 5) is 4.37. The third kappa shape index (κ3) is 4.40. The molecule has 0 aliphatic carbocycles. The van der Waals surface area contributed by atoms with Crippen molar-refractivity contribution in [2.45, 2.75) is 25.8 Å². The van der Waals surface area contributed by atoms with Crippen molar-refractivity contribution in [3.63, 3.8) is 0 Å². The van der Waals surface area contributed by atoms with Crippen LogP contribution >= 0.6 is 0 Å². The van der Waals surface area contributed by atoms with Crippen LogP contribution in [0.25, 0.3) is 0 Å². The molecule has 0 saturated heterocycles. The first-order valence-corrected chi connectivity index (χ1v) is 5.51. The smallest absolute Gasteiger partial charge is 0.0574 e. The second-order valence-electron chi connectivity index (χ2n) is 3.54. The Balaban J connectivity index is 2.55. The standard InChI is InChI=1S/C12H20N2O/c1-3-8-13-12(7-10-15-2)11-6-4-5-9-14-11/h4-6,9,12-13H,3,7-8,10H2,1-2H3. The average molecular weight is 208 g/mol. The quantitative estimate of drug-likeness (QED) is 0.745. The number of methoxy groups -OCH3 is 1. The first-order chi connectivity index (χ1) is 7.38. The molecular formula is C12H20N2O. The molecule has 1 heterocycles. The van der Waals surface area contributed by atoms with E-state index < -0.39 is 0 Å². The van der Waals surface area contributed by atoms with Gasteiger partial charge in [-0.2, -0.15) is 0 Å². The SMILES string of the molecule is CCCNC(CCOC)c1ccccn1. The molecule has 1 rings (SSSR count). The molecule has 0 spiro atoms. The van der Waals surface area contributed by atoms with Gasteiger partial charge in [-0.05, 0) is 31.5 Å². The fraction of sp³-hybridized carbons (Fsp3) is 0.583. The minimum atomic E-state index is 0.311. The Kier molecular flexibility index (Phi) is 5.97. The van der Waals surface area contributed by atoms with Gasteiger partial charge in [-0.1, -0.05) is 13.0 Å². The number of ether oxygens (including phenoxy) is 1. The molecule has 15 heavy (non-hydrogen) atoms. The first kappa shape index (κ1) is 12.1. The summed E-state index contributed by atoms with van der Waals surface area (Å²) >= 11 is 0. The van der Waals surface area contributed by atoms with E-state index in [4.69, 9.17) is 4.74 Å². The first-order valence-electron chi connectivity index (χ1n) is 5.51. The number of nitrogens with zero attached hydrogens (tertiary/aromatic N) is 1. The lowest BCUT2D eigenvalue weighted by molar-refractivity contribution is 0.182. The average Bonchev–Trinajstić information content (AvgIpc) is 2.30. The number of nitrogens with one attached hydrogen (secondary N) is 1. The summed E-state index contributed by atoms with van der Waals surface area (Å²) in [7, 11) is 1.73. The molecule has 1 aromatic heterocycles. The zero-order valence-electron chi connectivity index (χ0n) is 9.57. The van der Waals surface area contributed by atoms with Crippen LogP contribution in [0.2, 0.25) is 0 Å². The molecule has 0 saturated carbocycles. The highest BCUT2D eigenvalue weighted by Crippen LogP contribution is 2.13. The van der Waals surface area contributed by atoms with Crippen LogP contribution in [0.4, 0.5) is 0 Å². The molecule has 0 bridgehead atoms. The van der Waals surface area contributed by atoms with Gasteiger partial charge in [-0.25, -0.2) is 0 Å². The van der Waals surface area contributed by atoms with Crippen LogP contribution in [-0.2, 0) is 4.74 Å². The van der Waals surface area contributed by atoms with E-state index in [9.17, 15) is 0 Å². The largest absolute Gasteiger partial charge is 0.385 e. The fourth-order valence-corrected chi connectivity index (χ4v) is 1.49. The van der Waals surface area contributed by atoms with E-state index in [0.717, 1.165) is 31.7 Å². The highest BCUT2D eigenvalue weighted by Gasteiger charge is 2.10. The minimum absolute atomic E-state index is 0.311. The van der Waals surface area contributed by atoms with Crippen molar-refractivity contribution in [1.29, 1.82) is 0 Å². The Bertz CT molecular complexity index is 243. The lowest BCUT2D eigenvalue weighted by atomic mass is 10.1. The third-order valence-corrected chi connectivity index (χ3v) is 2.30. The summed E-state index contributed by atoms with van der Waals surface area (Å²) in [5.41, 5.74) is 1.10. The summed E-state index contributed by atoms with van der Waals surface area (Å²) in [6, 6.07) is 6.33. The molecule has 0 radical (unpaired) electrons. The third-order valence-electron chi connectivity index (χ3n) is 2.30. The van der Waals surface area contributed by atoms with Crippen LogP contribution in [0.15, 0.2) is 24.4 Å². The van der Waals surface area contributed by atoms with Crippen molar-refractivity contribution < 1.29 is 4.74 Å². The maximum Gasteiger partial charge on any atom is 0.0574 e. The second kappa shape index (κ2) is 7.37. The minimum Gasteiger partial charge on any atom is -0.385 e. The molecule has 1 N–H and O–H groups in total. The lowest BCUT2D eigenvalue weighted by Crippen LogP contribution is -2.24. The molecule has 3 heteroatoms. The van der Waals surface area contributed by atoms with E-state index in [0.29, 0.717) is 6.04 Å². The summed E-state index contributed by atoms with van der Waals surface area (Å²) < 4.78 is 5.11.